The topological polar surface area (TPSA) is 91.4 Å². The fourth-order valence-electron chi connectivity index (χ4n) is 9.58. The van der Waals surface area contributed by atoms with Gasteiger partial charge in [-0.15, -0.1) is 0 Å². The number of allylic oxidation sites excluding steroid dienone is 1. The Bertz CT molecular complexity index is 1800. The number of piperidine rings is 1. The lowest BCUT2D eigenvalue weighted by molar-refractivity contribution is -0.125. The van der Waals surface area contributed by atoms with Gasteiger partial charge in [0.15, 0.2) is 0 Å². The molecule has 1 saturated carbocycles. The number of nitrogens with zero attached hydrogens (tertiary/aromatic N) is 3. The first-order valence-corrected chi connectivity index (χ1v) is 23.0. The Morgan fingerprint density at radius 2 is 1.80 bits per heavy atom. The van der Waals surface area contributed by atoms with Crippen LogP contribution in [0, 0.1) is 23.7 Å². The van der Waals surface area contributed by atoms with Crippen LogP contribution in [0.25, 0.3) is 0 Å². The average Bonchev–Trinajstić information content (AvgIpc) is 3.17. The first-order chi connectivity index (χ1) is 26.4. The van der Waals surface area contributed by atoms with Crippen molar-refractivity contribution in [3.05, 3.63) is 70.3 Å². The van der Waals surface area contributed by atoms with E-state index >= 15 is 0 Å². The monoisotopic (exact) mass is 794 g/mol. The van der Waals surface area contributed by atoms with Crippen molar-refractivity contribution in [2.75, 3.05) is 57.3 Å². The number of anilines is 1. The third-order valence-electron chi connectivity index (χ3n) is 13.2. The maximum Gasteiger partial charge on any atom is 0.264 e. The van der Waals surface area contributed by atoms with Gasteiger partial charge in [-0.05, 0) is 130 Å². The van der Waals surface area contributed by atoms with E-state index in [0.717, 1.165) is 87.6 Å². The molecule has 11 heteroatoms. The van der Waals surface area contributed by atoms with Crippen LogP contribution in [-0.4, -0.2) is 93.4 Å². The van der Waals surface area contributed by atoms with E-state index in [1.807, 2.05) is 31.2 Å². The van der Waals surface area contributed by atoms with E-state index in [9.17, 15) is 13.2 Å². The Morgan fingerprint density at radius 1 is 0.964 bits per heavy atom. The Labute approximate surface area is 335 Å². The number of hydrogen-bond donors (Lipinski definition) is 1. The normalized spacial score (nSPS) is 31.4. The quantitative estimate of drug-likeness (QED) is 0.308. The van der Waals surface area contributed by atoms with Crippen molar-refractivity contribution >= 4 is 33.2 Å². The Morgan fingerprint density at radius 3 is 2.60 bits per heavy atom. The predicted octanol–water partition coefficient (Wildman–Crippen LogP) is 7.71. The van der Waals surface area contributed by atoms with Crippen LogP contribution >= 0.6 is 11.6 Å². The van der Waals surface area contributed by atoms with Gasteiger partial charge in [-0.3, -0.25) is 14.6 Å². The summed E-state index contributed by atoms with van der Waals surface area (Å²) >= 11 is 6.44. The van der Waals surface area contributed by atoms with E-state index < -0.39 is 26.8 Å². The second kappa shape index (κ2) is 17.5. The summed E-state index contributed by atoms with van der Waals surface area (Å²) in [6, 6.07) is 12.0. The van der Waals surface area contributed by atoms with Gasteiger partial charge in [0.2, 0.25) is 10.0 Å². The summed E-state index contributed by atoms with van der Waals surface area (Å²) in [6.45, 7) is 16.0. The number of fused-ring (bicyclic) bond motifs is 4. The summed E-state index contributed by atoms with van der Waals surface area (Å²) in [6.07, 6.45) is 14.0. The molecule has 6 atom stereocenters. The molecule has 55 heavy (non-hydrogen) atoms. The van der Waals surface area contributed by atoms with Gasteiger partial charge in [-0.2, -0.15) is 0 Å². The number of carbonyl (C=O) groups excluding carboxylic acids is 1. The van der Waals surface area contributed by atoms with Crippen molar-refractivity contribution in [3.8, 4) is 5.75 Å². The van der Waals surface area contributed by atoms with Gasteiger partial charge in [0.1, 0.15) is 18.0 Å². The van der Waals surface area contributed by atoms with Gasteiger partial charge in [-0.25, -0.2) is 13.1 Å². The SMILES string of the molecule is CC(C)CO[C@@]1(CN2CCN3CCCC[C@@H]3C2)/C=C/C[C@H](C)[C@@H](C)S(=O)(=O)NC(=O)c2ccc3c(c2)N(CCCCc2cc(Cl)ccc2CO3)C[C@@H]2CC[C@H]21. The van der Waals surface area contributed by atoms with Gasteiger partial charge < -0.3 is 14.4 Å². The number of ether oxygens (including phenoxy) is 2. The van der Waals surface area contributed by atoms with Crippen LogP contribution in [0.15, 0.2) is 48.6 Å². The molecule has 2 aromatic rings. The van der Waals surface area contributed by atoms with Crippen molar-refractivity contribution in [1.82, 2.24) is 14.5 Å². The highest BCUT2D eigenvalue weighted by molar-refractivity contribution is 7.90. The highest BCUT2D eigenvalue weighted by Crippen LogP contribution is 2.47. The van der Waals surface area contributed by atoms with Crippen molar-refractivity contribution in [1.29, 1.82) is 0 Å². The summed E-state index contributed by atoms with van der Waals surface area (Å²) in [5, 5.41) is -0.0487. The Kier molecular flexibility index (Phi) is 12.9. The lowest BCUT2D eigenvalue weighted by Gasteiger charge is -2.53. The van der Waals surface area contributed by atoms with Crippen LogP contribution < -0.4 is 14.4 Å². The molecule has 1 N–H and O–H groups in total. The van der Waals surface area contributed by atoms with E-state index in [4.69, 9.17) is 21.1 Å². The highest BCUT2D eigenvalue weighted by Gasteiger charge is 2.49. The van der Waals surface area contributed by atoms with E-state index in [1.54, 1.807) is 13.0 Å². The molecule has 1 aliphatic carbocycles. The average molecular weight is 796 g/mol. The zero-order chi connectivity index (χ0) is 38.7. The molecule has 4 heterocycles. The largest absolute Gasteiger partial charge is 0.487 e. The zero-order valence-corrected chi connectivity index (χ0v) is 35.1. The second-order valence-electron chi connectivity index (χ2n) is 17.6. The molecule has 3 fully saturated rings. The Hall–Kier alpha value is -2.63. The van der Waals surface area contributed by atoms with Crippen LogP contribution in [0.2, 0.25) is 5.02 Å². The van der Waals surface area contributed by atoms with Gasteiger partial charge in [0.25, 0.3) is 5.91 Å². The van der Waals surface area contributed by atoms with Crippen LogP contribution in [0.5, 0.6) is 5.75 Å². The maximum absolute atomic E-state index is 13.7. The molecular formula is C44H63ClN4O5S. The van der Waals surface area contributed by atoms with Gasteiger partial charge in [0, 0.05) is 55.9 Å². The smallest absolute Gasteiger partial charge is 0.264 e. The first kappa shape index (κ1) is 40.6. The zero-order valence-electron chi connectivity index (χ0n) is 33.5. The molecule has 5 aliphatic rings. The van der Waals surface area contributed by atoms with Crippen molar-refractivity contribution in [2.45, 2.75) is 109 Å². The lowest BCUT2D eigenvalue weighted by atomic mass is 9.63. The third kappa shape index (κ3) is 9.41. The van der Waals surface area contributed by atoms with Gasteiger partial charge in [-0.1, -0.05) is 57.0 Å². The molecule has 2 aromatic carbocycles. The number of amides is 1. The minimum atomic E-state index is -3.96. The Balaban J connectivity index is 1.28. The van der Waals surface area contributed by atoms with Crippen LogP contribution in [-0.2, 0) is 27.8 Å². The first-order valence-electron chi connectivity index (χ1n) is 21.0. The standard InChI is InChI=1S/C44H63ClN4O5S/c1-31(2)28-54-44(30-47-22-23-48-20-8-6-12-39(48)27-47)19-9-10-32(3)33(4)55(51,52)46-43(50)35-15-18-42-41(25-35)49(26-36-14-17-40(36)44)21-7-5-11-34-24-38(45)16-13-37(34)29-53-42/h9,13,15-16,18-19,24-25,31-33,36,39-40H,5-8,10-12,14,17,20-23,26-30H2,1-4H3,(H,46,50)/b19-9+/t32-,33+,36-,39+,40+,44+/m0/s1. The van der Waals surface area contributed by atoms with Crippen molar-refractivity contribution < 1.29 is 22.7 Å². The molecule has 0 radical (unpaired) electrons. The molecule has 4 aliphatic heterocycles. The highest BCUT2D eigenvalue weighted by atomic mass is 35.5. The fourth-order valence-corrected chi connectivity index (χ4v) is 11.1. The molecule has 0 spiro atoms. The lowest BCUT2D eigenvalue weighted by Crippen LogP contribution is -2.61. The summed E-state index contributed by atoms with van der Waals surface area (Å²) in [4.78, 5) is 21.5. The van der Waals surface area contributed by atoms with E-state index in [1.165, 1.54) is 31.4 Å². The number of nitrogens with one attached hydrogen (secondary N) is 1. The van der Waals surface area contributed by atoms with Crippen LogP contribution in [0.4, 0.5) is 5.69 Å². The fraction of sp³-hybridized carbons (Fsp3) is 0.659. The summed E-state index contributed by atoms with van der Waals surface area (Å²) in [5.74, 6) is 0.891. The van der Waals surface area contributed by atoms with Crippen molar-refractivity contribution in [3.63, 3.8) is 0 Å². The summed E-state index contributed by atoms with van der Waals surface area (Å²) in [7, 11) is -3.96. The summed E-state index contributed by atoms with van der Waals surface area (Å²) < 4.78 is 43.7. The molecule has 0 unspecified atom stereocenters. The number of benzene rings is 2. The predicted molar refractivity (Wildman–Crippen MR) is 222 cm³/mol. The minimum absolute atomic E-state index is 0.214. The van der Waals surface area contributed by atoms with Crippen molar-refractivity contribution in [2.24, 2.45) is 23.7 Å². The van der Waals surface area contributed by atoms with Crippen LogP contribution in [0.3, 0.4) is 0 Å². The summed E-state index contributed by atoms with van der Waals surface area (Å²) in [5.41, 5.74) is 2.94. The molecule has 7 rings (SSSR count). The third-order valence-corrected chi connectivity index (χ3v) is 15.4. The number of sulfonamides is 1. The molecule has 2 bridgehead atoms. The maximum atomic E-state index is 13.7. The van der Waals surface area contributed by atoms with E-state index in [2.05, 4.69) is 51.5 Å². The molecule has 1 amide bonds. The number of hydrogen-bond acceptors (Lipinski definition) is 8. The van der Waals surface area contributed by atoms with E-state index in [0.29, 0.717) is 48.8 Å². The molecular weight excluding hydrogens is 732 g/mol. The van der Waals surface area contributed by atoms with Crippen LogP contribution in [0.1, 0.15) is 101 Å². The number of aryl methyl sites for hydroxylation is 1. The number of carbonyl (C=O) groups is 1. The molecule has 302 valence electrons. The van der Waals surface area contributed by atoms with Gasteiger partial charge in [0.05, 0.1) is 17.5 Å². The minimum Gasteiger partial charge on any atom is -0.487 e. The second-order valence-corrected chi connectivity index (χ2v) is 20.1. The number of halogens is 1. The molecule has 2 saturated heterocycles. The molecule has 9 nitrogen and oxygen atoms in total. The number of piperazine rings is 1. The van der Waals surface area contributed by atoms with E-state index in [-0.39, 0.29) is 11.8 Å². The molecule has 0 aromatic heterocycles. The van der Waals surface area contributed by atoms with Gasteiger partial charge >= 0.3 is 0 Å². The number of rotatable bonds is 5.